The number of thiophene rings is 1. The molecule has 0 saturated carbocycles. The van der Waals surface area contributed by atoms with Gasteiger partial charge in [-0.1, -0.05) is 0 Å². The van der Waals surface area contributed by atoms with Gasteiger partial charge in [0.05, 0.1) is 23.8 Å². The third-order valence-electron chi connectivity index (χ3n) is 3.59. The zero-order chi connectivity index (χ0) is 13.9. The zero-order valence-electron chi connectivity index (χ0n) is 11.4. The number of methoxy groups -OCH3 is 1. The van der Waals surface area contributed by atoms with Crippen LogP contribution in [0.15, 0.2) is 29.1 Å². The monoisotopic (exact) mass is 291 g/mol. The van der Waals surface area contributed by atoms with Gasteiger partial charge in [0.15, 0.2) is 0 Å². The van der Waals surface area contributed by atoms with Crippen LogP contribution in [0.4, 0.5) is 0 Å². The van der Waals surface area contributed by atoms with Crippen molar-refractivity contribution >= 4 is 17.2 Å². The van der Waals surface area contributed by atoms with Crippen LogP contribution >= 0.6 is 11.3 Å². The lowest BCUT2D eigenvalue weighted by Crippen LogP contribution is -2.41. The van der Waals surface area contributed by atoms with E-state index in [-0.39, 0.29) is 11.9 Å². The number of hydrogen-bond donors (Lipinski definition) is 0. The summed E-state index contributed by atoms with van der Waals surface area (Å²) < 4.78 is 7.19. The number of nitrogens with zero attached hydrogens (tertiary/aromatic N) is 3. The second-order valence-electron chi connectivity index (χ2n) is 4.90. The van der Waals surface area contributed by atoms with E-state index in [2.05, 4.69) is 5.10 Å². The third kappa shape index (κ3) is 2.48. The summed E-state index contributed by atoms with van der Waals surface area (Å²) in [6, 6.07) is 4.05. The van der Waals surface area contributed by atoms with Gasteiger partial charge >= 0.3 is 0 Å². The predicted molar refractivity (Wildman–Crippen MR) is 76.8 cm³/mol. The highest BCUT2D eigenvalue weighted by Crippen LogP contribution is 2.24. The molecule has 106 valence electrons. The van der Waals surface area contributed by atoms with E-state index in [9.17, 15) is 4.79 Å². The molecule has 1 amide bonds. The van der Waals surface area contributed by atoms with Gasteiger partial charge in [0.2, 0.25) is 0 Å². The van der Waals surface area contributed by atoms with Gasteiger partial charge in [-0.25, -0.2) is 0 Å². The fourth-order valence-corrected chi connectivity index (χ4v) is 3.21. The summed E-state index contributed by atoms with van der Waals surface area (Å²) in [5, 5.41) is 8.21. The number of aromatic nitrogens is 2. The van der Waals surface area contributed by atoms with Gasteiger partial charge in [-0.15, -0.1) is 0 Å². The molecule has 20 heavy (non-hydrogen) atoms. The van der Waals surface area contributed by atoms with E-state index < -0.39 is 0 Å². The molecule has 1 atom stereocenters. The molecule has 0 fully saturated rings. The predicted octanol–water partition coefficient (Wildman–Crippen LogP) is 2.18. The van der Waals surface area contributed by atoms with Crippen LogP contribution < -0.4 is 0 Å². The normalized spacial score (nSPS) is 18.1. The smallest absolute Gasteiger partial charge is 0.255 e. The lowest BCUT2D eigenvalue weighted by Gasteiger charge is -2.33. The first kappa shape index (κ1) is 13.3. The summed E-state index contributed by atoms with van der Waals surface area (Å²) >= 11 is 1.55. The molecule has 3 rings (SSSR count). The Morgan fingerprint density at radius 3 is 3.20 bits per heavy atom. The quantitative estimate of drug-likeness (QED) is 0.867. The molecule has 1 aliphatic heterocycles. The molecule has 2 aromatic rings. The van der Waals surface area contributed by atoms with Crippen molar-refractivity contribution in [3.05, 3.63) is 40.3 Å². The Morgan fingerprint density at radius 2 is 2.45 bits per heavy atom. The molecule has 0 spiro atoms. The van der Waals surface area contributed by atoms with E-state index in [0.717, 1.165) is 17.7 Å². The molecule has 2 aromatic heterocycles. The van der Waals surface area contributed by atoms with Crippen LogP contribution in [0.2, 0.25) is 0 Å². The Hall–Kier alpha value is -1.66. The minimum atomic E-state index is 0.0983. The second kappa shape index (κ2) is 5.76. The van der Waals surface area contributed by atoms with Crippen molar-refractivity contribution < 1.29 is 9.53 Å². The van der Waals surface area contributed by atoms with Gasteiger partial charge in [-0.3, -0.25) is 9.48 Å². The first-order chi connectivity index (χ1) is 9.79. The van der Waals surface area contributed by atoms with Gasteiger partial charge in [0.1, 0.15) is 0 Å². The highest BCUT2D eigenvalue weighted by molar-refractivity contribution is 7.08. The van der Waals surface area contributed by atoms with Crippen LogP contribution in [-0.2, 0) is 11.3 Å². The SMILES string of the molecule is COCC[C@H]1CN(C(=O)c2ccsc2)Cc2ccnn21. The maximum absolute atomic E-state index is 12.5. The fourth-order valence-electron chi connectivity index (χ4n) is 2.58. The zero-order valence-corrected chi connectivity index (χ0v) is 12.2. The average Bonchev–Trinajstić information content (AvgIpc) is 3.14. The van der Waals surface area contributed by atoms with Gasteiger partial charge in [0.25, 0.3) is 5.91 Å². The Bertz CT molecular complexity index is 579. The fraction of sp³-hybridized carbons (Fsp3) is 0.429. The highest BCUT2D eigenvalue weighted by Gasteiger charge is 2.28. The first-order valence-electron chi connectivity index (χ1n) is 6.62. The van der Waals surface area contributed by atoms with E-state index in [1.54, 1.807) is 24.6 Å². The minimum absolute atomic E-state index is 0.0983. The van der Waals surface area contributed by atoms with Crippen LogP contribution in [0.1, 0.15) is 28.5 Å². The van der Waals surface area contributed by atoms with Gasteiger partial charge in [-0.05, 0) is 23.9 Å². The van der Waals surface area contributed by atoms with Crippen molar-refractivity contribution in [2.45, 2.75) is 19.0 Å². The first-order valence-corrected chi connectivity index (χ1v) is 7.56. The number of ether oxygens (including phenoxy) is 1. The number of amides is 1. The van der Waals surface area contributed by atoms with Crippen molar-refractivity contribution in [2.24, 2.45) is 0 Å². The summed E-state index contributed by atoms with van der Waals surface area (Å²) in [7, 11) is 1.70. The lowest BCUT2D eigenvalue weighted by atomic mass is 10.1. The van der Waals surface area contributed by atoms with Gasteiger partial charge in [0, 0.05) is 31.8 Å². The van der Waals surface area contributed by atoms with Crippen molar-refractivity contribution in [2.75, 3.05) is 20.3 Å². The van der Waals surface area contributed by atoms with Crippen LogP contribution in [0.25, 0.3) is 0 Å². The van der Waals surface area contributed by atoms with Crippen LogP contribution in [0, 0.1) is 0 Å². The molecule has 3 heterocycles. The molecular weight excluding hydrogens is 274 g/mol. The lowest BCUT2D eigenvalue weighted by molar-refractivity contribution is 0.0642. The third-order valence-corrected chi connectivity index (χ3v) is 4.28. The van der Waals surface area contributed by atoms with Crippen molar-refractivity contribution in [1.82, 2.24) is 14.7 Å². The van der Waals surface area contributed by atoms with Crippen molar-refractivity contribution in [3.63, 3.8) is 0 Å². The molecule has 0 saturated heterocycles. The number of rotatable bonds is 4. The van der Waals surface area contributed by atoms with Crippen molar-refractivity contribution in [3.8, 4) is 0 Å². The van der Waals surface area contributed by atoms with Crippen LogP contribution in [0.5, 0.6) is 0 Å². The Kier molecular flexibility index (Phi) is 3.84. The van der Waals surface area contributed by atoms with E-state index in [1.807, 2.05) is 32.5 Å². The molecule has 0 N–H and O–H groups in total. The van der Waals surface area contributed by atoms with Gasteiger partial charge < -0.3 is 9.64 Å². The summed E-state index contributed by atoms with van der Waals surface area (Å²) in [6.45, 7) is 1.98. The standard InChI is InChI=1S/C14H17N3O2S/c1-19-6-3-13-9-16(8-12-2-5-15-17(12)13)14(18)11-4-7-20-10-11/h2,4-5,7,10,13H,3,6,8-9H2,1H3/t13-/m0/s1. The number of carbonyl (C=O) groups excluding carboxylic acids is 1. The molecule has 1 aliphatic rings. The topological polar surface area (TPSA) is 47.4 Å². The largest absolute Gasteiger partial charge is 0.385 e. The average molecular weight is 291 g/mol. The summed E-state index contributed by atoms with van der Waals surface area (Å²) in [5.74, 6) is 0.0983. The minimum Gasteiger partial charge on any atom is -0.385 e. The summed E-state index contributed by atoms with van der Waals surface area (Å²) in [5.41, 5.74) is 1.86. The van der Waals surface area contributed by atoms with E-state index in [0.29, 0.717) is 19.7 Å². The Labute approximate surface area is 121 Å². The molecule has 6 heteroatoms. The maximum atomic E-state index is 12.5. The van der Waals surface area contributed by atoms with E-state index >= 15 is 0 Å². The molecule has 0 radical (unpaired) electrons. The van der Waals surface area contributed by atoms with Crippen molar-refractivity contribution in [1.29, 1.82) is 0 Å². The summed E-state index contributed by atoms with van der Waals surface area (Å²) in [6.07, 6.45) is 2.66. The van der Waals surface area contributed by atoms with E-state index in [1.165, 1.54) is 0 Å². The Morgan fingerprint density at radius 1 is 1.55 bits per heavy atom. The Balaban J connectivity index is 1.80. The van der Waals surface area contributed by atoms with Gasteiger partial charge in [-0.2, -0.15) is 16.4 Å². The second-order valence-corrected chi connectivity index (χ2v) is 5.68. The molecule has 0 aromatic carbocycles. The van der Waals surface area contributed by atoms with E-state index in [4.69, 9.17) is 4.74 Å². The molecule has 0 aliphatic carbocycles. The highest BCUT2D eigenvalue weighted by atomic mass is 32.1. The number of carbonyl (C=O) groups is 1. The molecule has 0 unspecified atom stereocenters. The molecule has 5 nitrogen and oxygen atoms in total. The summed E-state index contributed by atoms with van der Waals surface area (Å²) in [4.78, 5) is 14.4. The number of hydrogen-bond acceptors (Lipinski definition) is 4. The molecule has 0 bridgehead atoms. The maximum Gasteiger partial charge on any atom is 0.255 e. The number of fused-ring (bicyclic) bond motifs is 1. The van der Waals surface area contributed by atoms with Crippen LogP contribution in [-0.4, -0.2) is 40.8 Å². The molecular formula is C14H17N3O2S. The van der Waals surface area contributed by atoms with Crippen LogP contribution in [0.3, 0.4) is 0 Å².